The standard InChI is InChI=1S/C21H20N4O3S3/c1-15-3-5-16(6-4-15)7-12-19(26)23-21(29)25(2)17-8-10-18(11-9-17)31(27,28)24-20-22-13-14-30-20/h3-14H,1-2H3,(H,22,24)(H,23,26,29). The van der Waals surface area contributed by atoms with Crippen LogP contribution in [0.5, 0.6) is 0 Å². The largest absolute Gasteiger partial charge is 0.322 e. The molecule has 0 fully saturated rings. The van der Waals surface area contributed by atoms with Crippen LogP contribution in [0.4, 0.5) is 10.8 Å². The lowest BCUT2D eigenvalue weighted by molar-refractivity contribution is -0.115. The van der Waals surface area contributed by atoms with E-state index in [-0.39, 0.29) is 15.9 Å². The van der Waals surface area contributed by atoms with Gasteiger partial charge in [-0.05, 0) is 55.0 Å². The van der Waals surface area contributed by atoms with Crippen molar-refractivity contribution in [3.05, 3.63) is 77.3 Å². The van der Waals surface area contributed by atoms with E-state index < -0.39 is 10.0 Å². The first-order chi connectivity index (χ1) is 14.7. The number of aromatic nitrogens is 1. The Balaban J connectivity index is 1.61. The molecule has 1 heterocycles. The molecule has 0 atom stereocenters. The van der Waals surface area contributed by atoms with Crippen molar-refractivity contribution in [3.63, 3.8) is 0 Å². The molecule has 0 aliphatic heterocycles. The molecule has 3 rings (SSSR count). The van der Waals surface area contributed by atoms with Crippen LogP contribution < -0.4 is 14.9 Å². The zero-order valence-corrected chi connectivity index (χ0v) is 19.2. The third-order valence-electron chi connectivity index (χ3n) is 4.23. The molecule has 1 amide bonds. The summed E-state index contributed by atoms with van der Waals surface area (Å²) < 4.78 is 27.3. The Bertz CT molecular complexity index is 1190. The van der Waals surface area contributed by atoms with E-state index in [1.54, 1.807) is 35.5 Å². The number of amides is 1. The van der Waals surface area contributed by atoms with E-state index in [4.69, 9.17) is 12.2 Å². The summed E-state index contributed by atoms with van der Waals surface area (Å²) in [5, 5.41) is 4.80. The smallest absolute Gasteiger partial charge is 0.263 e. The summed E-state index contributed by atoms with van der Waals surface area (Å²) >= 11 is 6.48. The molecule has 0 aliphatic carbocycles. The van der Waals surface area contributed by atoms with Gasteiger partial charge < -0.3 is 4.90 Å². The predicted octanol–water partition coefficient (Wildman–Crippen LogP) is 3.80. The van der Waals surface area contributed by atoms with Crippen molar-refractivity contribution in [2.45, 2.75) is 11.8 Å². The van der Waals surface area contributed by atoms with Gasteiger partial charge in [0.05, 0.1) is 4.90 Å². The summed E-state index contributed by atoms with van der Waals surface area (Å²) in [4.78, 5) is 17.8. The number of thiocarbonyl (C=S) groups is 1. The molecule has 0 saturated heterocycles. The Kier molecular flexibility index (Phi) is 7.16. The van der Waals surface area contributed by atoms with Gasteiger partial charge in [-0.25, -0.2) is 13.4 Å². The average Bonchev–Trinajstić information content (AvgIpc) is 3.25. The number of anilines is 2. The van der Waals surface area contributed by atoms with Crippen LogP contribution in [0.1, 0.15) is 11.1 Å². The normalized spacial score (nSPS) is 11.3. The zero-order valence-electron chi connectivity index (χ0n) is 16.8. The summed E-state index contributed by atoms with van der Waals surface area (Å²) in [7, 11) is -2.05. The minimum absolute atomic E-state index is 0.0934. The topological polar surface area (TPSA) is 91.4 Å². The van der Waals surface area contributed by atoms with E-state index in [1.165, 1.54) is 35.7 Å². The fourth-order valence-electron chi connectivity index (χ4n) is 2.49. The Hall–Kier alpha value is -3.08. The molecule has 0 saturated carbocycles. The van der Waals surface area contributed by atoms with E-state index in [9.17, 15) is 13.2 Å². The fourth-order valence-corrected chi connectivity index (χ4v) is 4.49. The van der Waals surface area contributed by atoms with Gasteiger partial charge in [-0.3, -0.25) is 14.8 Å². The number of sulfonamides is 1. The lowest BCUT2D eigenvalue weighted by Gasteiger charge is -2.20. The number of rotatable bonds is 6. The second-order valence-electron chi connectivity index (χ2n) is 6.53. The summed E-state index contributed by atoms with van der Waals surface area (Å²) in [6.45, 7) is 1.99. The van der Waals surface area contributed by atoms with Crippen molar-refractivity contribution >= 4 is 61.5 Å². The predicted molar refractivity (Wildman–Crippen MR) is 129 cm³/mol. The number of thiazole rings is 1. The summed E-state index contributed by atoms with van der Waals surface area (Å²) in [6.07, 6.45) is 4.63. The Morgan fingerprint density at radius 2 is 1.81 bits per heavy atom. The molecular weight excluding hydrogens is 452 g/mol. The van der Waals surface area contributed by atoms with Crippen molar-refractivity contribution in [1.82, 2.24) is 10.3 Å². The van der Waals surface area contributed by atoms with Gasteiger partial charge in [0.25, 0.3) is 10.0 Å². The molecule has 0 aliphatic rings. The van der Waals surface area contributed by atoms with Crippen LogP contribution >= 0.6 is 23.6 Å². The van der Waals surface area contributed by atoms with E-state index in [0.717, 1.165) is 11.1 Å². The molecular formula is C21H20N4O3S3. The van der Waals surface area contributed by atoms with Gasteiger partial charge in [0, 0.05) is 30.4 Å². The van der Waals surface area contributed by atoms with E-state index in [1.807, 2.05) is 31.2 Å². The van der Waals surface area contributed by atoms with Gasteiger partial charge in [-0.2, -0.15) is 0 Å². The summed E-state index contributed by atoms with van der Waals surface area (Å²) in [6, 6.07) is 13.9. The minimum atomic E-state index is -3.73. The third kappa shape index (κ3) is 6.20. The Morgan fingerprint density at radius 1 is 1.13 bits per heavy atom. The average molecular weight is 473 g/mol. The number of benzene rings is 2. The van der Waals surface area contributed by atoms with Crippen molar-refractivity contribution in [3.8, 4) is 0 Å². The lowest BCUT2D eigenvalue weighted by Crippen LogP contribution is -2.39. The van der Waals surface area contributed by atoms with Gasteiger partial charge in [-0.1, -0.05) is 29.8 Å². The van der Waals surface area contributed by atoms with Crippen LogP contribution in [0, 0.1) is 6.92 Å². The summed E-state index contributed by atoms with van der Waals surface area (Å²) in [5.41, 5.74) is 2.67. The van der Waals surface area contributed by atoms with Crippen molar-refractivity contribution in [1.29, 1.82) is 0 Å². The minimum Gasteiger partial charge on any atom is -0.322 e. The molecule has 2 aromatic carbocycles. The highest BCUT2D eigenvalue weighted by atomic mass is 32.2. The molecule has 0 bridgehead atoms. The molecule has 0 unspecified atom stereocenters. The van der Waals surface area contributed by atoms with E-state index in [2.05, 4.69) is 15.0 Å². The highest BCUT2D eigenvalue weighted by Crippen LogP contribution is 2.21. The molecule has 160 valence electrons. The Morgan fingerprint density at radius 3 is 2.42 bits per heavy atom. The molecule has 31 heavy (non-hydrogen) atoms. The molecule has 2 N–H and O–H groups in total. The van der Waals surface area contributed by atoms with Gasteiger partial charge >= 0.3 is 0 Å². The highest BCUT2D eigenvalue weighted by Gasteiger charge is 2.16. The second kappa shape index (κ2) is 9.82. The first-order valence-corrected chi connectivity index (χ1v) is 11.9. The quantitative estimate of drug-likeness (QED) is 0.419. The maximum absolute atomic E-state index is 12.4. The highest BCUT2D eigenvalue weighted by molar-refractivity contribution is 7.93. The van der Waals surface area contributed by atoms with E-state index in [0.29, 0.717) is 10.8 Å². The maximum atomic E-state index is 12.4. The Labute approximate surface area is 190 Å². The number of nitrogens with one attached hydrogen (secondary N) is 2. The van der Waals surface area contributed by atoms with Crippen LogP contribution in [-0.2, 0) is 14.8 Å². The SMILES string of the molecule is Cc1ccc(C=CC(=O)NC(=S)N(C)c2ccc(S(=O)(=O)Nc3nccs3)cc2)cc1. The van der Waals surface area contributed by atoms with Gasteiger partial charge in [0.1, 0.15) is 0 Å². The number of aryl methyl sites for hydroxylation is 1. The molecule has 1 aromatic heterocycles. The zero-order chi connectivity index (χ0) is 22.4. The molecule has 3 aromatic rings. The number of hydrogen-bond acceptors (Lipinski definition) is 6. The van der Waals surface area contributed by atoms with E-state index >= 15 is 0 Å². The number of hydrogen-bond donors (Lipinski definition) is 2. The van der Waals surface area contributed by atoms with Crippen LogP contribution in [0.15, 0.2) is 71.1 Å². The molecule has 0 radical (unpaired) electrons. The van der Waals surface area contributed by atoms with Crippen LogP contribution in [0.2, 0.25) is 0 Å². The van der Waals surface area contributed by atoms with Crippen LogP contribution in [-0.4, -0.2) is 31.5 Å². The second-order valence-corrected chi connectivity index (χ2v) is 9.50. The summed E-state index contributed by atoms with van der Waals surface area (Å²) in [5.74, 6) is -0.357. The van der Waals surface area contributed by atoms with Crippen LogP contribution in [0.3, 0.4) is 0 Å². The number of carbonyl (C=O) groups excluding carboxylic acids is 1. The molecule has 10 heteroatoms. The van der Waals surface area contributed by atoms with Crippen molar-refractivity contribution in [2.24, 2.45) is 0 Å². The number of carbonyl (C=O) groups is 1. The fraction of sp³-hybridized carbons (Fsp3) is 0.0952. The van der Waals surface area contributed by atoms with Gasteiger partial charge in [0.15, 0.2) is 10.2 Å². The molecule has 7 nitrogen and oxygen atoms in total. The van der Waals surface area contributed by atoms with Gasteiger partial charge in [0.2, 0.25) is 5.91 Å². The van der Waals surface area contributed by atoms with Crippen molar-refractivity contribution < 1.29 is 13.2 Å². The maximum Gasteiger partial charge on any atom is 0.263 e. The van der Waals surface area contributed by atoms with Crippen molar-refractivity contribution in [2.75, 3.05) is 16.7 Å². The monoisotopic (exact) mass is 472 g/mol. The van der Waals surface area contributed by atoms with Gasteiger partial charge in [-0.15, -0.1) is 11.3 Å². The first kappa shape index (κ1) is 22.6. The first-order valence-electron chi connectivity index (χ1n) is 9.10. The third-order valence-corrected chi connectivity index (χ3v) is 6.78. The molecule has 0 spiro atoms. The number of nitrogens with zero attached hydrogens (tertiary/aromatic N) is 2. The van der Waals surface area contributed by atoms with Crippen LogP contribution in [0.25, 0.3) is 6.08 Å². The lowest BCUT2D eigenvalue weighted by atomic mass is 10.1.